The van der Waals surface area contributed by atoms with E-state index in [9.17, 15) is 4.79 Å². The predicted octanol–water partition coefficient (Wildman–Crippen LogP) is 4.23. The molecule has 0 aliphatic rings. The number of nitrogens with zero attached hydrogens (tertiary/aromatic N) is 1. The number of hydrogen-bond acceptors (Lipinski definition) is 3. The first-order valence-electron chi connectivity index (χ1n) is 6.56. The molecule has 0 fully saturated rings. The summed E-state index contributed by atoms with van der Waals surface area (Å²) >= 11 is 1.71. The Bertz CT molecular complexity index is 369. The van der Waals surface area contributed by atoms with E-state index in [0.29, 0.717) is 0 Å². The van der Waals surface area contributed by atoms with Gasteiger partial charge in [0.2, 0.25) is 0 Å². The second kappa shape index (κ2) is 8.97. The van der Waals surface area contributed by atoms with Gasteiger partial charge in [0, 0.05) is 11.1 Å². The molecule has 18 heavy (non-hydrogen) atoms. The molecular weight excluding hydrogens is 246 g/mol. The molecule has 1 aromatic rings. The summed E-state index contributed by atoms with van der Waals surface area (Å²) in [5.41, 5.74) is 0.128. The maximum absolute atomic E-state index is 10.8. The molecule has 0 bridgehead atoms. The van der Waals surface area contributed by atoms with Crippen LogP contribution in [0.3, 0.4) is 0 Å². The first-order valence-corrected chi connectivity index (χ1v) is 7.54. The Labute approximate surface area is 113 Å². The number of aromatic carboxylic acids is 1. The van der Waals surface area contributed by atoms with Gasteiger partial charge in [-0.05, 0) is 24.3 Å². The van der Waals surface area contributed by atoms with Crippen LogP contribution in [0.5, 0.6) is 0 Å². The van der Waals surface area contributed by atoms with Crippen LogP contribution in [0.15, 0.2) is 23.2 Å². The first-order chi connectivity index (χ1) is 8.74. The van der Waals surface area contributed by atoms with Gasteiger partial charge >= 0.3 is 5.97 Å². The number of thioether (sulfide) groups is 1. The van der Waals surface area contributed by atoms with Crippen LogP contribution in [0.25, 0.3) is 0 Å². The summed E-state index contributed by atoms with van der Waals surface area (Å²) in [6.07, 6.45) is 9.28. The maximum atomic E-state index is 10.8. The second-order valence-corrected chi connectivity index (χ2v) is 5.47. The quantitative estimate of drug-likeness (QED) is 0.537. The molecule has 1 heterocycles. The molecule has 0 amide bonds. The Hall–Kier alpha value is -1.03. The van der Waals surface area contributed by atoms with E-state index in [1.54, 1.807) is 24.0 Å². The van der Waals surface area contributed by atoms with Gasteiger partial charge in [0.1, 0.15) is 5.69 Å². The molecule has 1 rings (SSSR count). The first kappa shape index (κ1) is 15.0. The van der Waals surface area contributed by atoms with Crippen LogP contribution < -0.4 is 0 Å². The highest BCUT2D eigenvalue weighted by Gasteiger charge is 2.04. The van der Waals surface area contributed by atoms with Gasteiger partial charge in [0.15, 0.2) is 0 Å². The minimum absolute atomic E-state index is 0.128. The summed E-state index contributed by atoms with van der Waals surface area (Å²) in [6.45, 7) is 2.22. The van der Waals surface area contributed by atoms with Crippen LogP contribution in [0, 0.1) is 0 Å². The average molecular weight is 267 g/mol. The van der Waals surface area contributed by atoms with Crippen molar-refractivity contribution in [2.24, 2.45) is 0 Å². The number of aromatic nitrogens is 1. The number of carboxylic acids is 1. The summed E-state index contributed by atoms with van der Waals surface area (Å²) in [4.78, 5) is 15.6. The number of carboxylic acid groups (broad SMARTS) is 1. The highest BCUT2D eigenvalue weighted by Crippen LogP contribution is 2.20. The topological polar surface area (TPSA) is 50.2 Å². The molecule has 0 radical (unpaired) electrons. The van der Waals surface area contributed by atoms with Crippen molar-refractivity contribution < 1.29 is 9.90 Å². The molecule has 0 atom stereocenters. The van der Waals surface area contributed by atoms with Crippen molar-refractivity contribution in [1.82, 2.24) is 4.98 Å². The standard InChI is InChI=1S/C14H21NO2S/c1-2-3-4-5-6-7-10-18-12-8-9-15-13(11-12)14(16)17/h8-9,11H,2-7,10H2,1H3,(H,16,17). The lowest BCUT2D eigenvalue weighted by atomic mass is 10.1. The van der Waals surface area contributed by atoms with Gasteiger partial charge in [0.05, 0.1) is 0 Å². The van der Waals surface area contributed by atoms with Gasteiger partial charge in [-0.15, -0.1) is 11.8 Å². The average Bonchev–Trinajstić information content (AvgIpc) is 2.38. The van der Waals surface area contributed by atoms with Crippen LogP contribution in [-0.4, -0.2) is 21.8 Å². The van der Waals surface area contributed by atoms with Gasteiger partial charge in [-0.25, -0.2) is 9.78 Å². The number of rotatable bonds is 9. The van der Waals surface area contributed by atoms with E-state index in [2.05, 4.69) is 11.9 Å². The van der Waals surface area contributed by atoms with E-state index in [1.807, 2.05) is 6.07 Å². The van der Waals surface area contributed by atoms with E-state index in [0.717, 1.165) is 10.6 Å². The Balaban J connectivity index is 2.19. The Morgan fingerprint density at radius 1 is 1.28 bits per heavy atom. The normalized spacial score (nSPS) is 10.5. The summed E-state index contributed by atoms with van der Waals surface area (Å²) in [6, 6.07) is 3.51. The third kappa shape index (κ3) is 6.05. The predicted molar refractivity (Wildman–Crippen MR) is 75.3 cm³/mol. The molecule has 3 nitrogen and oxygen atoms in total. The minimum atomic E-state index is -0.961. The van der Waals surface area contributed by atoms with E-state index in [4.69, 9.17) is 5.11 Å². The van der Waals surface area contributed by atoms with Gasteiger partial charge in [0.25, 0.3) is 0 Å². The fraction of sp³-hybridized carbons (Fsp3) is 0.571. The highest BCUT2D eigenvalue weighted by atomic mass is 32.2. The largest absolute Gasteiger partial charge is 0.477 e. The molecule has 1 aromatic heterocycles. The zero-order valence-electron chi connectivity index (χ0n) is 10.9. The van der Waals surface area contributed by atoms with Gasteiger partial charge in [-0.2, -0.15) is 0 Å². The molecule has 0 spiro atoms. The lowest BCUT2D eigenvalue weighted by Crippen LogP contribution is -1.99. The van der Waals surface area contributed by atoms with Gasteiger partial charge < -0.3 is 5.11 Å². The van der Waals surface area contributed by atoms with Crippen molar-refractivity contribution in [2.45, 2.75) is 50.3 Å². The fourth-order valence-electron chi connectivity index (χ4n) is 1.69. The number of carbonyl (C=O) groups is 1. The lowest BCUT2D eigenvalue weighted by Gasteiger charge is -2.02. The monoisotopic (exact) mass is 267 g/mol. The number of pyridine rings is 1. The minimum Gasteiger partial charge on any atom is -0.477 e. The fourth-order valence-corrected chi connectivity index (χ4v) is 2.63. The second-order valence-electron chi connectivity index (χ2n) is 4.30. The van der Waals surface area contributed by atoms with Crippen LogP contribution in [-0.2, 0) is 0 Å². The molecule has 4 heteroatoms. The molecule has 0 saturated heterocycles. The van der Waals surface area contributed by atoms with E-state index in [1.165, 1.54) is 38.5 Å². The van der Waals surface area contributed by atoms with E-state index >= 15 is 0 Å². The molecule has 0 aromatic carbocycles. The van der Waals surface area contributed by atoms with Crippen LogP contribution in [0.4, 0.5) is 0 Å². The maximum Gasteiger partial charge on any atom is 0.354 e. The van der Waals surface area contributed by atoms with Crippen LogP contribution >= 0.6 is 11.8 Å². The lowest BCUT2D eigenvalue weighted by molar-refractivity contribution is 0.0690. The SMILES string of the molecule is CCCCCCCCSc1ccnc(C(=O)O)c1. The zero-order valence-corrected chi connectivity index (χ0v) is 11.7. The molecule has 0 saturated carbocycles. The Morgan fingerprint density at radius 3 is 2.72 bits per heavy atom. The summed E-state index contributed by atoms with van der Waals surface area (Å²) in [5.74, 6) is 0.0897. The zero-order chi connectivity index (χ0) is 13.2. The highest BCUT2D eigenvalue weighted by molar-refractivity contribution is 7.99. The number of unbranched alkanes of at least 4 members (excludes halogenated alkanes) is 5. The number of hydrogen-bond donors (Lipinski definition) is 1. The Morgan fingerprint density at radius 2 is 2.00 bits per heavy atom. The van der Waals surface area contributed by atoms with Gasteiger partial charge in [-0.1, -0.05) is 39.0 Å². The molecule has 0 aliphatic carbocycles. The molecule has 1 N–H and O–H groups in total. The van der Waals surface area contributed by atoms with Crippen molar-refractivity contribution in [1.29, 1.82) is 0 Å². The van der Waals surface area contributed by atoms with E-state index < -0.39 is 5.97 Å². The summed E-state index contributed by atoms with van der Waals surface area (Å²) in [7, 11) is 0. The smallest absolute Gasteiger partial charge is 0.354 e. The van der Waals surface area contributed by atoms with Crippen LogP contribution in [0.1, 0.15) is 55.9 Å². The van der Waals surface area contributed by atoms with Crippen molar-refractivity contribution in [3.63, 3.8) is 0 Å². The van der Waals surface area contributed by atoms with Gasteiger partial charge in [-0.3, -0.25) is 0 Å². The molecule has 0 unspecified atom stereocenters. The van der Waals surface area contributed by atoms with Crippen molar-refractivity contribution >= 4 is 17.7 Å². The molecule has 100 valence electrons. The van der Waals surface area contributed by atoms with E-state index in [-0.39, 0.29) is 5.69 Å². The van der Waals surface area contributed by atoms with Crippen molar-refractivity contribution in [2.75, 3.05) is 5.75 Å². The third-order valence-corrected chi connectivity index (χ3v) is 3.80. The Kier molecular flexibility index (Phi) is 7.49. The van der Waals surface area contributed by atoms with Crippen LogP contribution in [0.2, 0.25) is 0 Å². The molecular formula is C14H21NO2S. The summed E-state index contributed by atoms with van der Waals surface area (Å²) < 4.78 is 0. The molecule has 0 aliphatic heterocycles. The van der Waals surface area contributed by atoms with Crippen molar-refractivity contribution in [3.05, 3.63) is 24.0 Å². The summed E-state index contributed by atoms with van der Waals surface area (Å²) in [5, 5.41) is 8.83. The third-order valence-electron chi connectivity index (χ3n) is 2.72. The van der Waals surface area contributed by atoms with Crippen molar-refractivity contribution in [3.8, 4) is 0 Å².